The van der Waals surface area contributed by atoms with Gasteiger partial charge >= 0.3 is 0 Å². The van der Waals surface area contributed by atoms with Gasteiger partial charge in [-0.3, -0.25) is 4.90 Å². The molecule has 84 valence electrons. The fraction of sp³-hybridized carbons (Fsp3) is 1.00. The van der Waals surface area contributed by atoms with E-state index < -0.39 is 0 Å². The molecule has 0 aromatic carbocycles. The van der Waals surface area contributed by atoms with Crippen molar-refractivity contribution in [3.63, 3.8) is 0 Å². The van der Waals surface area contributed by atoms with Crippen LogP contribution >= 0.6 is 0 Å². The Labute approximate surface area is 87.1 Å². The van der Waals surface area contributed by atoms with E-state index in [4.69, 9.17) is 4.74 Å². The van der Waals surface area contributed by atoms with Gasteiger partial charge in [0.1, 0.15) is 0 Å². The molecule has 0 amide bonds. The van der Waals surface area contributed by atoms with Crippen molar-refractivity contribution in [3.8, 4) is 0 Å². The Morgan fingerprint density at radius 1 is 1.57 bits per heavy atom. The molecule has 0 radical (unpaired) electrons. The lowest BCUT2D eigenvalue weighted by Crippen LogP contribution is -2.34. The highest BCUT2D eigenvalue weighted by atomic mass is 16.5. The average molecular weight is 201 g/mol. The second kappa shape index (κ2) is 5.69. The van der Waals surface area contributed by atoms with E-state index in [2.05, 4.69) is 18.7 Å². The number of likely N-dealkylation sites (tertiary alicyclic amines) is 1. The molecule has 3 nitrogen and oxygen atoms in total. The third-order valence-electron chi connectivity index (χ3n) is 3.31. The number of ether oxygens (including phenoxy) is 1. The highest BCUT2D eigenvalue weighted by Crippen LogP contribution is 2.15. The van der Waals surface area contributed by atoms with Crippen molar-refractivity contribution < 1.29 is 9.84 Å². The maximum atomic E-state index is 9.85. The molecular weight excluding hydrogens is 178 g/mol. The van der Waals surface area contributed by atoms with Crippen LogP contribution in [0.3, 0.4) is 0 Å². The quantitative estimate of drug-likeness (QED) is 0.723. The van der Waals surface area contributed by atoms with Crippen molar-refractivity contribution >= 4 is 0 Å². The van der Waals surface area contributed by atoms with Crippen LogP contribution in [0.15, 0.2) is 0 Å². The highest BCUT2D eigenvalue weighted by molar-refractivity contribution is 4.78. The smallest absolute Gasteiger partial charge is 0.0710 e. The van der Waals surface area contributed by atoms with Gasteiger partial charge in [-0.2, -0.15) is 0 Å². The van der Waals surface area contributed by atoms with Gasteiger partial charge in [0.05, 0.1) is 12.2 Å². The normalized spacial score (nSPS) is 27.9. The lowest BCUT2D eigenvalue weighted by atomic mass is 10.0. The fourth-order valence-corrected chi connectivity index (χ4v) is 1.87. The van der Waals surface area contributed by atoms with Gasteiger partial charge in [0, 0.05) is 26.7 Å². The molecule has 1 aliphatic heterocycles. The summed E-state index contributed by atoms with van der Waals surface area (Å²) in [5, 5.41) is 9.85. The molecule has 0 saturated carbocycles. The van der Waals surface area contributed by atoms with Crippen LogP contribution in [0.1, 0.15) is 26.7 Å². The molecule has 0 spiro atoms. The zero-order valence-electron chi connectivity index (χ0n) is 9.57. The number of aliphatic hydroxyl groups is 1. The number of methoxy groups -OCH3 is 1. The molecule has 3 heteroatoms. The Kier molecular flexibility index (Phi) is 4.85. The van der Waals surface area contributed by atoms with Gasteiger partial charge in [0.15, 0.2) is 0 Å². The summed E-state index contributed by atoms with van der Waals surface area (Å²) in [4.78, 5) is 2.30. The van der Waals surface area contributed by atoms with Crippen molar-refractivity contribution in [2.45, 2.75) is 38.9 Å². The summed E-state index contributed by atoms with van der Waals surface area (Å²) < 4.78 is 5.29. The Hall–Kier alpha value is -0.120. The molecule has 1 heterocycles. The number of β-amino-alcohol motifs (C(OH)–C–C–N with tert-alkyl or cyclic N) is 1. The maximum Gasteiger partial charge on any atom is 0.0710 e. The van der Waals surface area contributed by atoms with Crippen LogP contribution < -0.4 is 0 Å². The van der Waals surface area contributed by atoms with Crippen LogP contribution in [-0.4, -0.2) is 49.0 Å². The predicted octanol–water partition coefficient (Wildman–Crippen LogP) is 1.11. The van der Waals surface area contributed by atoms with E-state index in [1.165, 1.54) is 0 Å². The van der Waals surface area contributed by atoms with Gasteiger partial charge in [-0.05, 0) is 12.3 Å². The summed E-state index contributed by atoms with van der Waals surface area (Å²) in [7, 11) is 1.76. The molecule has 1 fully saturated rings. The molecule has 0 aromatic heterocycles. The highest BCUT2D eigenvalue weighted by Gasteiger charge is 2.25. The summed E-state index contributed by atoms with van der Waals surface area (Å²) in [5.41, 5.74) is 0. The van der Waals surface area contributed by atoms with E-state index in [1.54, 1.807) is 7.11 Å². The van der Waals surface area contributed by atoms with Crippen molar-refractivity contribution in [1.82, 2.24) is 4.90 Å². The molecule has 1 rings (SSSR count). The Bertz CT molecular complexity index is 163. The van der Waals surface area contributed by atoms with Gasteiger partial charge < -0.3 is 9.84 Å². The topological polar surface area (TPSA) is 32.7 Å². The van der Waals surface area contributed by atoms with Crippen LogP contribution in [0.5, 0.6) is 0 Å². The SMILES string of the molecule is CCC(C)C(O)CN1CCC(OC)C1. The number of rotatable bonds is 5. The predicted molar refractivity (Wildman–Crippen MR) is 57.3 cm³/mol. The van der Waals surface area contributed by atoms with E-state index >= 15 is 0 Å². The van der Waals surface area contributed by atoms with Crippen molar-refractivity contribution in [2.75, 3.05) is 26.7 Å². The van der Waals surface area contributed by atoms with Crippen LogP contribution in [-0.2, 0) is 4.74 Å². The molecule has 1 saturated heterocycles. The zero-order valence-corrected chi connectivity index (χ0v) is 9.57. The fourth-order valence-electron chi connectivity index (χ4n) is 1.87. The summed E-state index contributed by atoms with van der Waals surface area (Å²) >= 11 is 0. The van der Waals surface area contributed by atoms with Gasteiger partial charge in [-0.15, -0.1) is 0 Å². The number of aliphatic hydroxyl groups excluding tert-OH is 1. The first-order chi connectivity index (χ1) is 6.67. The largest absolute Gasteiger partial charge is 0.392 e. The standard InChI is InChI=1S/C11H23NO2/c1-4-9(2)11(13)8-12-6-5-10(7-12)14-3/h9-11,13H,4-8H2,1-3H3. The van der Waals surface area contributed by atoms with E-state index in [0.717, 1.165) is 32.5 Å². The zero-order chi connectivity index (χ0) is 10.6. The van der Waals surface area contributed by atoms with E-state index in [-0.39, 0.29) is 6.10 Å². The molecule has 3 unspecified atom stereocenters. The molecule has 1 aliphatic rings. The van der Waals surface area contributed by atoms with Crippen LogP contribution in [0, 0.1) is 5.92 Å². The second-order valence-electron chi connectivity index (χ2n) is 4.36. The summed E-state index contributed by atoms with van der Waals surface area (Å²) in [6.07, 6.45) is 2.33. The summed E-state index contributed by atoms with van der Waals surface area (Å²) in [6.45, 7) is 7.06. The summed E-state index contributed by atoms with van der Waals surface area (Å²) in [6, 6.07) is 0. The van der Waals surface area contributed by atoms with Gasteiger partial charge in [0.25, 0.3) is 0 Å². The summed E-state index contributed by atoms with van der Waals surface area (Å²) in [5.74, 6) is 0.400. The Balaban J connectivity index is 2.24. The van der Waals surface area contributed by atoms with E-state index in [0.29, 0.717) is 12.0 Å². The first kappa shape index (κ1) is 12.0. The second-order valence-corrected chi connectivity index (χ2v) is 4.36. The van der Waals surface area contributed by atoms with Crippen LogP contribution in [0.2, 0.25) is 0 Å². The molecule has 0 bridgehead atoms. The van der Waals surface area contributed by atoms with E-state index in [9.17, 15) is 5.11 Å². The minimum absolute atomic E-state index is 0.185. The lowest BCUT2D eigenvalue weighted by Gasteiger charge is -2.23. The molecule has 14 heavy (non-hydrogen) atoms. The monoisotopic (exact) mass is 201 g/mol. The van der Waals surface area contributed by atoms with Crippen LogP contribution in [0.4, 0.5) is 0 Å². The number of hydrogen-bond acceptors (Lipinski definition) is 3. The Morgan fingerprint density at radius 3 is 2.79 bits per heavy atom. The minimum Gasteiger partial charge on any atom is -0.392 e. The van der Waals surface area contributed by atoms with E-state index in [1.807, 2.05) is 0 Å². The number of hydrogen-bond donors (Lipinski definition) is 1. The third kappa shape index (κ3) is 3.23. The maximum absolute atomic E-state index is 9.85. The van der Waals surface area contributed by atoms with Crippen molar-refractivity contribution in [2.24, 2.45) is 5.92 Å². The van der Waals surface area contributed by atoms with Crippen molar-refractivity contribution in [3.05, 3.63) is 0 Å². The van der Waals surface area contributed by atoms with Gasteiger partial charge in [0.2, 0.25) is 0 Å². The first-order valence-corrected chi connectivity index (χ1v) is 5.60. The lowest BCUT2D eigenvalue weighted by molar-refractivity contribution is 0.0640. The molecule has 1 N–H and O–H groups in total. The molecule has 0 aliphatic carbocycles. The van der Waals surface area contributed by atoms with Gasteiger partial charge in [-0.1, -0.05) is 20.3 Å². The third-order valence-corrected chi connectivity index (χ3v) is 3.31. The molecule has 3 atom stereocenters. The van der Waals surface area contributed by atoms with Gasteiger partial charge in [-0.25, -0.2) is 0 Å². The molecular formula is C11H23NO2. The van der Waals surface area contributed by atoms with Crippen LogP contribution in [0.25, 0.3) is 0 Å². The number of nitrogens with zero attached hydrogens (tertiary/aromatic N) is 1. The Morgan fingerprint density at radius 2 is 2.29 bits per heavy atom. The first-order valence-electron chi connectivity index (χ1n) is 5.60. The average Bonchev–Trinajstić information content (AvgIpc) is 2.64. The molecule has 0 aromatic rings. The minimum atomic E-state index is -0.185. The van der Waals surface area contributed by atoms with Crippen molar-refractivity contribution in [1.29, 1.82) is 0 Å².